The predicted molar refractivity (Wildman–Crippen MR) is 54.6 cm³/mol. The van der Waals surface area contributed by atoms with Gasteiger partial charge in [-0.1, -0.05) is 37.1 Å². The molecule has 0 aromatic rings. The number of rotatable bonds is 3. The molecule has 0 aromatic carbocycles. The summed E-state index contributed by atoms with van der Waals surface area (Å²) < 4.78 is 0. The van der Waals surface area contributed by atoms with E-state index in [4.69, 9.17) is 0 Å². The molecule has 0 aromatic heterocycles. The quantitative estimate of drug-likeness (QED) is 0.382. The van der Waals surface area contributed by atoms with Gasteiger partial charge >= 0.3 is 0 Å². The predicted octanol–water partition coefficient (Wildman–Crippen LogP) is 2.33. The van der Waals surface area contributed by atoms with E-state index in [1.807, 2.05) is 13.1 Å². The van der Waals surface area contributed by atoms with Gasteiger partial charge < -0.3 is 5.32 Å². The fourth-order valence-corrected chi connectivity index (χ4v) is 0.632. The van der Waals surface area contributed by atoms with E-state index >= 15 is 0 Å². The van der Waals surface area contributed by atoms with E-state index in [1.165, 1.54) is 0 Å². The van der Waals surface area contributed by atoms with Crippen molar-refractivity contribution in [2.45, 2.75) is 20.3 Å². The van der Waals surface area contributed by atoms with Crippen molar-refractivity contribution >= 4 is 0 Å². The average molecular weight is 163 g/mol. The molecule has 0 saturated carbocycles. The van der Waals surface area contributed by atoms with Crippen LogP contribution in [0, 0.1) is 17.9 Å². The van der Waals surface area contributed by atoms with E-state index in [-0.39, 0.29) is 0 Å². The zero-order chi connectivity index (χ0) is 9.40. The maximum absolute atomic E-state index is 3.87. The first-order valence-corrected chi connectivity index (χ1v) is 4.24. The van der Waals surface area contributed by atoms with E-state index < -0.39 is 0 Å². The molecule has 0 aliphatic heterocycles. The summed E-state index contributed by atoms with van der Waals surface area (Å²) in [4.78, 5) is 0. The molecular formula is C11H17N. The molecule has 0 amide bonds. The van der Waals surface area contributed by atoms with Gasteiger partial charge in [-0.05, 0) is 13.3 Å². The number of nitrogens with one attached hydrogen (secondary N) is 1. The first kappa shape index (κ1) is 10.8. The highest BCUT2D eigenvalue weighted by molar-refractivity contribution is 5.18. The summed E-state index contributed by atoms with van der Waals surface area (Å²) in [6.07, 6.45) is 5.11. The van der Waals surface area contributed by atoms with Crippen molar-refractivity contribution in [1.29, 1.82) is 0 Å². The van der Waals surface area contributed by atoms with Crippen molar-refractivity contribution in [2.75, 3.05) is 7.05 Å². The Bertz CT molecular complexity index is 215. The Morgan fingerprint density at radius 1 is 1.67 bits per heavy atom. The van der Waals surface area contributed by atoms with Crippen molar-refractivity contribution in [3.8, 4) is 12.0 Å². The second kappa shape index (κ2) is 6.54. The molecule has 1 N–H and O–H groups in total. The van der Waals surface area contributed by atoms with Crippen LogP contribution < -0.4 is 5.32 Å². The lowest BCUT2D eigenvalue weighted by Crippen LogP contribution is -1.94. The van der Waals surface area contributed by atoms with Crippen molar-refractivity contribution in [3.05, 3.63) is 24.3 Å². The summed E-state index contributed by atoms with van der Waals surface area (Å²) in [5, 5.41) is 2.78. The van der Waals surface area contributed by atoms with Gasteiger partial charge in [-0.15, -0.1) is 0 Å². The van der Waals surface area contributed by atoms with Crippen LogP contribution in [0.5, 0.6) is 0 Å². The summed E-state index contributed by atoms with van der Waals surface area (Å²) in [7, 11) is 1.81. The monoisotopic (exact) mass is 163 g/mol. The molecule has 0 spiro atoms. The third-order valence-corrected chi connectivity index (χ3v) is 1.50. The molecular weight excluding hydrogens is 146 g/mol. The maximum atomic E-state index is 3.87. The third-order valence-electron chi connectivity index (χ3n) is 1.50. The lowest BCUT2D eigenvalue weighted by molar-refractivity contribution is 0.967. The minimum absolute atomic E-state index is 0.292. The Morgan fingerprint density at radius 2 is 2.33 bits per heavy atom. The second-order valence-electron chi connectivity index (χ2n) is 2.68. The van der Waals surface area contributed by atoms with E-state index in [2.05, 4.69) is 43.8 Å². The van der Waals surface area contributed by atoms with Crippen molar-refractivity contribution in [2.24, 2.45) is 5.92 Å². The smallest absolute Gasteiger partial charge is 0.0375 e. The Kier molecular flexibility index (Phi) is 5.91. The van der Waals surface area contributed by atoms with Gasteiger partial charge in [0.2, 0.25) is 0 Å². The summed E-state index contributed by atoms with van der Waals surface area (Å²) in [5.74, 6) is 3.32. The third kappa shape index (κ3) is 5.61. The first-order chi connectivity index (χ1) is 5.70. The van der Waals surface area contributed by atoms with Gasteiger partial charge in [0, 0.05) is 19.0 Å². The lowest BCUT2D eigenvalue weighted by Gasteiger charge is -1.95. The fraction of sp³-hybridized carbons (Fsp3) is 0.455. The molecule has 0 fully saturated rings. The zero-order valence-corrected chi connectivity index (χ0v) is 8.15. The minimum atomic E-state index is 0.292. The van der Waals surface area contributed by atoms with Gasteiger partial charge in [-0.2, -0.15) is 0 Å². The van der Waals surface area contributed by atoms with Gasteiger partial charge in [0.15, 0.2) is 0 Å². The van der Waals surface area contributed by atoms with Gasteiger partial charge in [-0.25, -0.2) is 0 Å². The number of allylic oxidation sites excluding steroid dienone is 3. The standard InChI is InChI=1S/C11H17N/c1-5-10(2)6-7-11(3)8-9-12-4/h6-7,11-12H,2,5H2,1,3-4H3/b7-6-. The van der Waals surface area contributed by atoms with Gasteiger partial charge in [0.25, 0.3) is 0 Å². The Balaban J connectivity index is 3.90. The molecule has 0 radical (unpaired) electrons. The second-order valence-corrected chi connectivity index (χ2v) is 2.68. The SMILES string of the molecule is C=C(/C=C\C(C)C#CNC)CC. The summed E-state index contributed by atoms with van der Waals surface area (Å²) in [6, 6.07) is 2.81. The van der Waals surface area contributed by atoms with Crippen LogP contribution in [-0.4, -0.2) is 7.05 Å². The average Bonchev–Trinajstić information content (AvgIpc) is 2.10. The van der Waals surface area contributed by atoms with Crippen LogP contribution in [0.15, 0.2) is 24.3 Å². The van der Waals surface area contributed by atoms with Crippen molar-refractivity contribution in [1.82, 2.24) is 5.32 Å². The molecule has 0 aliphatic carbocycles. The zero-order valence-electron chi connectivity index (χ0n) is 8.15. The molecule has 0 saturated heterocycles. The number of hydrogen-bond acceptors (Lipinski definition) is 1. The van der Waals surface area contributed by atoms with Gasteiger partial charge in [0.05, 0.1) is 0 Å². The molecule has 1 unspecified atom stereocenters. The van der Waals surface area contributed by atoms with Crippen LogP contribution in [0.2, 0.25) is 0 Å². The Hall–Kier alpha value is -1.16. The van der Waals surface area contributed by atoms with Crippen LogP contribution in [0.3, 0.4) is 0 Å². The lowest BCUT2D eigenvalue weighted by atomic mass is 10.1. The largest absolute Gasteiger partial charge is 0.349 e. The molecule has 0 rings (SSSR count). The summed E-state index contributed by atoms with van der Waals surface area (Å²) in [6.45, 7) is 8.03. The van der Waals surface area contributed by atoms with E-state index in [1.54, 1.807) is 0 Å². The van der Waals surface area contributed by atoms with E-state index in [9.17, 15) is 0 Å². The first-order valence-electron chi connectivity index (χ1n) is 4.24. The maximum Gasteiger partial charge on any atom is 0.0375 e. The van der Waals surface area contributed by atoms with Crippen molar-refractivity contribution in [3.63, 3.8) is 0 Å². The van der Waals surface area contributed by atoms with E-state index in [0.717, 1.165) is 12.0 Å². The highest BCUT2D eigenvalue weighted by Crippen LogP contribution is 2.02. The van der Waals surface area contributed by atoms with Gasteiger partial charge in [0.1, 0.15) is 0 Å². The highest BCUT2D eigenvalue weighted by Gasteiger charge is 1.88. The van der Waals surface area contributed by atoms with Crippen molar-refractivity contribution < 1.29 is 0 Å². The normalized spacial score (nSPS) is 11.9. The Morgan fingerprint density at radius 3 is 2.83 bits per heavy atom. The van der Waals surface area contributed by atoms with Crippen LogP contribution >= 0.6 is 0 Å². The van der Waals surface area contributed by atoms with E-state index in [0.29, 0.717) is 5.92 Å². The van der Waals surface area contributed by atoms with Crippen LogP contribution in [0.4, 0.5) is 0 Å². The Labute approximate surface area is 75.6 Å². The fourth-order valence-electron chi connectivity index (χ4n) is 0.632. The molecule has 66 valence electrons. The van der Waals surface area contributed by atoms with Gasteiger partial charge in [-0.3, -0.25) is 0 Å². The molecule has 1 heteroatoms. The molecule has 1 nitrogen and oxygen atoms in total. The molecule has 1 atom stereocenters. The minimum Gasteiger partial charge on any atom is -0.349 e. The van der Waals surface area contributed by atoms with Crippen LogP contribution in [-0.2, 0) is 0 Å². The highest BCUT2D eigenvalue weighted by atomic mass is 14.8. The molecule has 12 heavy (non-hydrogen) atoms. The molecule has 0 aliphatic rings. The summed E-state index contributed by atoms with van der Waals surface area (Å²) >= 11 is 0. The molecule has 0 heterocycles. The summed E-state index contributed by atoms with van der Waals surface area (Å²) in [5.41, 5.74) is 1.15. The number of hydrogen-bond donors (Lipinski definition) is 1. The topological polar surface area (TPSA) is 12.0 Å². The van der Waals surface area contributed by atoms with Crippen LogP contribution in [0.25, 0.3) is 0 Å². The van der Waals surface area contributed by atoms with Crippen LogP contribution in [0.1, 0.15) is 20.3 Å². The molecule has 0 bridgehead atoms.